The summed E-state index contributed by atoms with van der Waals surface area (Å²) < 4.78 is 0. The fourth-order valence-electron chi connectivity index (χ4n) is 1.43. The van der Waals surface area contributed by atoms with E-state index in [4.69, 9.17) is 5.73 Å². The molecule has 0 aliphatic heterocycles. The van der Waals surface area contributed by atoms with Crippen LogP contribution in [0.3, 0.4) is 0 Å². The van der Waals surface area contributed by atoms with Gasteiger partial charge in [-0.2, -0.15) is 0 Å². The number of rotatable bonds is 5. The SMILES string of the molecule is CCc1ccc(CCNC(=O)C(C)N)cc1. The Morgan fingerprint density at radius 2 is 1.88 bits per heavy atom. The first kappa shape index (κ1) is 12.7. The largest absolute Gasteiger partial charge is 0.354 e. The Hall–Kier alpha value is -1.35. The van der Waals surface area contributed by atoms with Crippen LogP contribution in [0.5, 0.6) is 0 Å². The molecule has 88 valence electrons. The van der Waals surface area contributed by atoms with Gasteiger partial charge in [0, 0.05) is 6.54 Å². The zero-order chi connectivity index (χ0) is 12.0. The van der Waals surface area contributed by atoms with Crippen molar-refractivity contribution in [3.05, 3.63) is 35.4 Å². The van der Waals surface area contributed by atoms with Crippen LogP contribution >= 0.6 is 0 Å². The number of hydrogen-bond donors (Lipinski definition) is 2. The van der Waals surface area contributed by atoms with Crippen molar-refractivity contribution in [2.75, 3.05) is 6.54 Å². The second-order valence-electron chi connectivity index (χ2n) is 4.00. The Morgan fingerprint density at radius 1 is 1.31 bits per heavy atom. The summed E-state index contributed by atoms with van der Waals surface area (Å²) in [5, 5.41) is 2.80. The van der Waals surface area contributed by atoms with E-state index in [2.05, 4.69) is 36.5 Å². The molecule has 0 saturated carbocycles. The Morgan fingerprint density at radius 3 is 2.38 bits per heavy atom. The van der Waals surface area contributed by atoms with E-state index < -0.39 is 6.04 Å². The Bertz CT molecular complexity index is 330. The monoisotopic (exact) mass is 220 g/mol. The first-order chi connectivity index (χ1) is 7.63. The lowest BCUT2D eigenvalue weighted by molar-refractivity contribution is -0.121. The molecule has 0 spiro atoms. The number of carbonyl (C=O) groups excluding carboxylic acids is 1. The number of aryl methyl sites for hydroxylation is 1. The van der Waals surface area contributed by atoms with Gasteiger partial charge in [0.15, 0.2) is 0 Å². The van der Waals surface area contributed by atoms with Crippen LogP contribution in [0.15, 0.2) is 24.3 Å². The fraction of sp³-hybridized carbons (Fsp3) is 0.462. The predicted octanol–water partition coefficient (Wildman–Crippen LogP) is 1.25. The molecule has 0 aliphatic carbocycles. The highest BCUT2D eigenvalue weighted by Gasteiger charge is 2.05. The molecular formula is C13H20N2O. The number of nitrogens with two attached hydrogens (primary N) is 1. The van der Waals surface area contributed by atoms with Crippen molar-refractivity contribution >= 4 is 5.91 Å². The average molecular weight is 220 g/mol. The van der Waals surface area contributed by atoms with E-state index in [1.54, 1.807) is 6.92 Å². The first-order valence-electron chi connectivity index (χ1n) is 5.74. The normalized spacial score (nSPS) is 12.2. The van der Waals surface area contributed by atoms with Gasteiger partial charge in [-0.15, -0.1) is 0 Å². The van der Waals surface area contributed by atoms with E-state index in [1.807, 2.05) is 0 Å². The highest BCUT2D eigenvalue weighted by molar-refractivity contribution is 5.80. The Kier molecular flexibility index (Phi) is 4.99. The van der Waals surface area contributed by atoms with Crippen LogP contribution < -0.4 is 11.1 Å². The standard InChI is InChI=1S/C13H20N2O/c1-3-11-4-6-12(7-5-11)8-9-15-13(16)10(2)14/h4-7,10H,3,8-9,14H2,1-2H3,(H,15,16). The summed E-state index contributed by atoms with van der Waals surface area (Å²) in [6.45, 7) is 4.47. The van der Waals surface area contributed by atoms with Gasteiger partial charge in [-0.05, 0) is 30.9 Å². The fourth-order valence-corrected chi connectivity index (χ4v) is 1.43. The lowest BCUT2D eigenvalue weighted by Gasteiger charge is -2.07. The topological polar surface area (TPSA) is 55.1 Å². The predicted molar refractivity (Wildman–Crippen MR) is 66.2 cm³/mol. The van der Waals surface area contributed by atoms with Crippen molar-refractivity contribution in [1.29, 1.82) is 0 Å². The maximum Gasteiger partial charge on any atom is 0.236 e. The molecule has 0 bridgehead atoms. The third-order valence-corrected chi connectivity index (χ3v) is 2.56. The molecule has 0 heterocycles. The quantitative estimate of drug-likeness (QED) is 0.784. The molecule has 0 saturated heterocycles. The van der Waals surface area contributed by atoms with Crippen LogP contribution in [0.25, 0.3) is 0 Å². The number of carbonyl (C=O) groups is 1. The van der Waals surface area contributed by atoms with E-state index >= 15 is 0 Å². The van der Waals surface area contributed by atoms with Gasteiger partial charge < -0.3 is 11.1 Å². The van der Waals surface area contributed by atoms with Crippen LogP contribution in [-0.2, 0) is 17.6 Å². The Balaban J connectivity index is 2.34. The van der Waals surface area contributed by atoms with E-state index in [0.717, 1.165) is 12.8 Å². The summed E-state index contributed by atoms with van der Waals surface area (Å²) >= 11 is 0. The summed E-state index contributed by atoms with van der Waals surface area (Å²) in [6.07, 6.45) is 1.91. The molecule has 0 fully saturated rings. The zero-order valence-corrected chi connectivity index (χ0v) is 9.99. The van der Waals surface area contributed by atoms with E-state index in [-0.39, 0.29) is 5.91 Å². The molecule has 0 aromatic heterocycles. The van der Waals surface area contributed by atoms with Crippen LogP contribution in [0.4, 0.5) is 0 Å². The molecule has 16 heavy (non-hydrogen) atoms. The molecule has 0 radical (unpaired) electrons. The molecule has 3 nitrogen and oxygen atoms in total. The van der Waals surface area contributed by atoms with E-state index in [0.29, 0.717) is 6.54 Å². The first-order valence-corrected chi connectivity index (χ1v) is 5.74. The van der Waals surface area contributed by atoms with Crippen molar-refractivity contribution in [3.8, 4) is 0 Å². The van der Waals surface area contributed by atoms with Crippen molar-refractivity contribution in [2.45, 2.75) is 32.7 Å². The molecule has 1 atom stereocenters. The van der Waals surface area contributed by atoms with Gasteiger partial charge in [-0.1, -0.05) is 31.2 Å². The number of benzene rings is 1. The molecule has 3 N–H and O–H groups in total. The maximum absolute atomic E-state index is 11.2. The lowest BCUT2D eigenvalue weighted by Crippen LogP contribution is -2.39. The molecule has 1 aromatic rings. The van der Waals surface area contributed by atoms with E-state index in [1.165, 1.54) is 11.1 Å². The van der Waals surface area contributed by atoms with Crippen LogP contribution in [0.1, 0.15) is 25.0 Å². The van der Waals surface area contributed by atoms with Gasteiger partial charge >= 0.3 is 0 Å². The van der Waals surface area contributed by atoms with Crippen molar-refractivity contribution in [1.82, 2.24) is 5.32 Å². The van der Waals surface area contributed by atoms with Crippen molar-refractivity contribution < 1.29 is 4.79 Å². The van der Waals surface area contributed by atoms with Gasteiger partial charge in [-0.3, -0.25) is 4.79 Å². The van der Waals surface area contributed by atoms with Crippen LogP contribution in [0, 0.1) is 0 Å². The number of hydrogen-bond acceptors (Lipinski definition) is 2. The minimum atomic E-state index is -0.428. The summed E-state index contributed by atoms with van der Waals surface area (Å²) in [6, 6.07) is 8.04. The van der Waals surface area contributed by atoms with Crippen LogP contribution in [-0.4, -0.2) is 18.5 Å². The summed E-state index contributed by atoms with van der Waals surface area (Å²) in [5.41, 5.74) is 8.02. The third kappa shape index (κ3) is 4.03. The second-order valence-corrected chi connectivity index (χ2v) is 4.00. The molecule has 1 amide bonds. The summed E-state index contributed by atoms with van der Waals surface area (Å²) in [7, 11) is 0. The van der Waals surface area contributed by atoms with Crippen molar-refractivity contribution in [3.63, 3.8) is 0 Å². The lowest BCUT2D eigenvalue weighted by atomic mass is 10.1. The second kappa shape index (κ2) is 6.28. The van der Waals surface area contributed by atoms with Crippen LogP contribution in [0.2, 0.25) is 0 Å². The maximum atomic E-state index is 11.2. The zero-order valence-electron chi connectivity index (χ0n) is 9.99. The minimum Gasteiger partial charge on any atom is -0.354 e. The minimum absolute atomic E-state index is 0.0924. The molecule has 1 aromatic carbocycles. The number of nitrogens with one attached hydrogen (secondary N) is 1. The highest BCUT2D eigenvalue weighted by atomic mass is 16.2. The van der Waals surface area contributed by atoms with Gasteiger partial charge in [-0.25, -0.2) is 0 Å². The van der Waals surface area contributed by atoms with Gasteiger partial charge in [0.1, 0.15) is 0 Å². The molecular weight excluding hydrogens is 200 g/mol. The van der Waals surface area contributed by atoms with E-state index in [9.17, 15) is 4.79 Å². The highest BCUT2D eigenvalue weighted by Crippen LogP contribution is 2.05. The average Bonchev–Trinajstić information content (AvgIpc) is 2.29. The molecule has 1 rings (SSSR count). The molecule has 3 heteroatoms. The molecule has 0 aliphatic rings. The van der Waals surface area contributed by atoms with Gasteiger partial charge in [0.2, 0.25) is 5.91 Å². The Labute approximate surface area is 97.0 Å². The van der Waals surface area contributed by atoms with Crippen molar-refractivity contribution in [2.24, 2.45) is 5.73 Å². The summed E-state index contributed by atoms with van der Waals surface area (Å²) in [5.74, 6) is -0.0924. The van der Waals surface area contributed by atoms with Gasteiger partial charge in [0.25, 0.3) is 0 Å². The number of amides is 1. The smallest absolute Gasteiger partial charge is 0.236 e. The van der Waals surface area contributed by atoms with Gasteiger partial charge in [0.05, 0.1) is 6.04 Å². The third-order valence-electron chi connectivity index (χ3n) is 2.56. The molecule has 1 unspecified atom stereocenters. The summed E-state index contributed by atoms with van der Waals surface area (Å²) in [4.78, 5) is 11.2.